The van der Waals surface area contributed by atoms with Crippen molar-refractivity contribution >= 4 is 41.5 Å². The number of halogens is 2. The molecule has 0 amide bonds. The monoisotopic (exact) mass is 505 g/mol. The summed E-state index contributed by atoms with van der Waals surface area (Å²) >= 11 is 5.96. The summed E-state index contributed by atoms with van der Waals surface area (Å²) in [6, 6.07) is 5.66. The van der Waals surface area contributed by atoms with Gasteiger partial charge in [-0.1, -0.05) is 11.6 Å². The van der Waals surface area contributed by atoms with Crippen LogP contribution in [-0.2, 0) is 13.6 Å². The van der Waals surface area contributed by atoms with E-state index in [-0.39, 0.29) is 24.0 Å². The van der Waals surface area contributed by atoms with Crippen LogP contribution in [0.4, 0.5) is 0 Å². The van der Waals surface area contributed by atoms with Crippen LogP contribution in [0.2, 0.25) is 5.02 Å². The van der Waals surface area contributed by atoms with Crippen LogP contribution in [0, 0.1) is 20.8 Å². The maximum absolute atomic E-state index is 5.96. The average molecular weight is 506 g/mol. The third kappa shape index (κ3) is 6.88. The first kappa shape index (κ1) is 23.6. The summed E-state index contributed by atoms with van der Waals surface area (Å²) in [5.41, 5.74) is 4.46. The number of aryl methyl sites for hydroxylation is 3. The highest BCUT2D eigenvalue weighted by molar-refractivity contribution is 14.0. The predicted molar refractivity (Wildman–Crippen MR) is 123 cm³/mol. The van der Waals surface area contributed by atoms with Gasteiger partial charge >= 0.3 is 0 Å². The minimum atomic E-state index is 0. The molecular formula is C19H29ClIN5O. The van der Waals surface area contributed by atoms with Crippen LogP contribution in [0.5, 0.6) is 5.75 Å². The first-order valence-electron chi connectivity index (χ1n) is 8.75. The fourth-order valence-electron chi connectivity index (χ4n) is 2.70. The van der Waals surface area contributed by atoms with Crippen molar-refractivity contribution in [3.63, 3.8) is 0 Å². The van der Waals surface area contributed by atoms with E-state index in [2.05, 4.69) is 27.6 Å². The summed E-state index contributed by atoms with van der Waals surface area (Å²) in [5.74, 6) is 1.65. The zero-order valence-electron chi connectivity index (χ0n) is 16.6. The first-order valence-corrected chi connectivity index (χ1v) is 9.12. The number of hydrogen-bond donors (Lipinski definition) is 2. The Bertz CT molecular complexity index is 776. The zero-order chi connectivity index (χ0) is 19.1. The molecular weight excluding hydrogens is 477 g/mol. The lowest BCUT2D eigenvalue weighted by atomic mass is 10.2. The van der Waals surface area contributed by atoms with Gasteiger partial charge in [0, 0.05) is 43.5 Å². The quantitative estimate of drug-likeness (QED) is 0.260. The van der Waals surface area contributed by atoms with E-state index in [0.29, 0.717) is 13.2 Å². The van der Waals surface area contributed by atoms with Gasteiger partial charge in [-0.3, -0.25) is 9.67 Å². The summed E-state index contributed by atoms with van der Waals surface area (Å²) in [6.07, 6.45) is 0.869. The van der Waals surface area contributed by atoms with Crippen molar-refractivity contribution in [1.29, 1.82) is 0 Å². The highest BCUT2D eigenvalue weighted by Gasteiger charge is 2.09. The molecule has 27 heavy (non-hydrogen) atoms. The van der Waals surface area contributed by atoms with Crippen LogP contribution < -0.4 is 15.4 Å². The van der Waals surface area contributed by atoms with Crippen molar-refractivity contribution in [3.05, 3.63) is 45.7 Å². The molecule has 1 heterocycles. The van der Waals surface area contributed by atoms with E-state index < -0.39 is 0 Å². The molecule has 0 aliphatic carbocycles. The van der Waals surface area contributed by atoms with Crippen LogP contribution in [-0.4, -0.2) is 35.9 Å². The maximum Gasteiger partial charge on any atom is 0.191 e. The van der Waals surface area contributed by atoms with Crippen molar-refractivity contribution in [2.45, 2.75) is 33.7 Å². The molecule has 0 atom stereocenters. The average Bonchev–Trinajstić information content (AvgIpc) is 2.84. The number of guanidine groups is 1. The lowest BCUT2D eigenvalue weighted by Gasteiger charge is -2.13. The predicted octanol–water partition coefficient (Wildman–Crippen LogP) is 3.75. The minimum absolute atomic E-state index is 0. The minimum Gasteiger partial charge on any atom is -0.493 e. The molecule has 2 aromatic rings. The van der Waals surface area contributed by atoms with E-state index in [4.69, 9.17) is 16.3 Å². The second-order valence-corrected chi connectivity index (χ2v) is 6.67. The number of aliphatic imine (C=N–C) groups is 1. The van der Waals surface area contributed by atoms with Crippen LogP contribution in [0.25, 0.3) is 0 Å². The number of aromatic nitrogens is 2. The van der Waals surface area contributed by atoms with E-state index in [1.807, 2.05) is 43.8 Å². The Labute approximate surface area is 183 Å². The van der Waals surface area contributed by atoms with Crippen LogP contribution in [0.1, 0.15) is 28.9 Å². The molecule has 150 valence electrons. The van der Waals surface area contributed by atoms with Gasteiger partial charge in [-0.25, -0.2) is 0 Å². The van der Waals surface area contributed by atoms with Gasteiger partial charge in [0.1, 0.15) is 5.75 Å². The number of nitrogens with zero attached hydrogens (tertiary/aromatic N) is 3. The lowest BCUT2D eigenvalue weighted by Crippen LogP contribution is -2.37. The molecule has 0 unspecified atom stereocenters. The third-order valence-electron chi connectivity index (χ3n) is 4.32. The SMILES string of the molecule is CN=C(NCCCOc1ccc(Cl)cc1C)NCc1c(C)nn(C)c1C.I. The Morgan fingerprint density at radius 2 is 2.00 bits per heavy atom. The summed E-state index contributed by atoms with van der Waals surface area (Å²) in [5, 5.41) is 11.8. The van der Waals surface area contributed by atoms with Crippen LogP contribution >= 0.6 is 35.6 Å². The van der Waals surface area contributed by atoms with Crippen molar-refractivity contribution in [3.8, 4) is 5.75 Å². The first-order chi connectivity index (χ1) is 12.4. The van der Waals surface area contributed by atoms with E-state index in [1.165, 1.54) is 5.56 Å². The topological polar surface area (TPSA) is 63.5 Å². The smallest absolute Gasteiger partial charge is 0.191 e. The van der Waals surface area contributed by atoms with Gasteiger partial charge in [0.2, 0.25) is 0 Å². The molecule has 0 saturated heterocycles. The summed E-state index contributed by atoms with van der Waals surface area (Å²) < 4.78 is 7.70. The highest BCUT2D eigenvalue weighted by Crippen LogP contribution is 2.21. The van der Waals surface area contributed by atoms with Gasteiger partial charge in [-0.05, 0) is 51.0 Å². The number of rotatable bonds is 7. The van der Waals surface area contributed by atoms with Gasteiger partial charge in [0.05, 0.1) is 12.3 Å². The number of benzene rings is 1. The molecule has 6 nitrogen and oxygen atoms in total. The number of hydrogen-bond acceptors (Lipinski definition) is 3. The van der Waals surface area contributed by atoms with Crippen LogP contribution in [0.3, 0.4) is 0 Å². The van der Waals surface area contributed by atoms with Gasteiger partial charge in [0.15, 0.2) is 5.96 Å². The zero-order valence-corrected chi connectivity index (χ0v) is 19.7. The standard InChI is InChI=1S/C19H28ClN5O.HI/c1-13-11-16(20)7-8-18(13)26-10-6-9-22-19(21-4)23-12-17-14(2)24-25(5)15(17)3;/h7-8,11H,6,9-10,12H2,1-5H3,(H2,21,22,23);1H. The second-order valence-electron chi connectivity index (χ2n) is 6.24. The highest BCUT2D eigenvalue weighted by atomic mass is 127. The molecule has 0 fully saturated rings. The normalized spacial score (nSPS) is 11.1. The number of ether oxygens (including phenoxy) is 1. The van der Waals surface area contributed by atoms with E-state index in [9.17, 15) is 0 Å². The van der Waals surface area contributed by atoms with Crippen molar-refractivity contribution in [1.82, 2.24) is 20.4 Å². The Morgan fingerprint density at radius 3 is 2.59 bits per heavy atom. The van der Waals surface area contributed by atoms with Crippen molar-refractivity contribution < 1.29 is 4.74 Å². The molecule has 0 bridgehead atoms. The van der Waals surface area contributed by atoms with Crippen molar-refractivity contribution in [2.24, 2.45) is 12.0 Å². The Kier molecular flexibility index (Phi) is 9.93. The van der Waals surface area contributed by atoms with E-state index in [0.717, 1.165) is 46.6 Å². The molecule has 1 aromatic heterocycles. The molecule has 0 spiro atoms. The van der Waals surface area contributed by atoms with E-state index >= 15 is 0 Å². The molecule has 0 saturated carbocycles. The second kappa shape index (κ2) is 11.4. The number of nitrogens with one attached hydrogen (secondary N) is 2. The molecule has 0 aliphatic rings. The summed E-state index contributed by atoms with van der Waals surface area (Å²) in [7, 11) is 3.73. The lowest BCUT2D eigenvalue weighted by molar-refractivity contribution is 0.309. The van der Waals surface area contributed by atoms with Gasteiger partial charge in [-0.15, -0.1) is 24.0 Å². The van der Waals surface area contributed by atoms with Gasteiger partial charge < -0.3 is 15.4 Å². The third-order valence-corrected chi connectivity index (χ3v) is 4.56. The molecule has 8 heteroatoms. The maximum atomic E-state index is 5.96. The fourth-order valence-corrected chi connectivity index (χ4v) is 2.93. The molecule has 1 aromatic carbocycles. The molecule has 0 radical (unpaired) electrons. The largest absolute Gasteiger partial charge is 0.493 e. The molecule has 2 N–H and O–H groups in total. The molecule has 2 rings (SSSR count). The van der Waals surface area contributed by atoms with Gasteiger partial charge in [0.25, 0.3) is 0 Å². The summed E-state index contributed by atoms with van der Waals surface area (Å²) in [6.45, 7) is 8.20. The Hall–Kier alpha value is -1.48. The van der Waals surface area contributed by atoms with Crippen molar-refractivity contribution in [2.75, 3.05) is 20.2 Å². The summed E-state index contributed by atoms with van der Waals surface area (Å²) in [4.78, 5) is 4.26. The van der Waals surface area contributed by atoms with E-state index in [1.54, 1.807) is 7.05 Å². The van der Waals surface area contributed by atoms with Crippen LogP contribution in [0.15, 0.2) is 23.2 Å². The molecule has 0 aliphatic heterocycles. The fraction of sp³-hybridized carbons (Fsp3) is 0.474. The Balaban J connectivity index is 0.00000364. The Morgan fingerprint density at radius 1 is 1.26 bits per heavy atom. The van der Waals surface area contributed by atoms with Gasteiger partial charge in [-0.2, -0.15) is 5.10 Å².